The average Bonchev–Trinajstić information content (AvgIpc) is 2.46. The minimum Gasteiger partial charge on any atom is -0.497 e. The summed E-state index contributed by atoms with van der Waals surface area (Å²) >= 11 is 5.88. The van der Waals surface area contributed by atoms with E-state index >= 15 is 0 Å². The summed E-state index contributed by atoms with van der Waals surface area (Å²) in [6.07, 6.45) is 0.750. The molecule has 0 unspecified atom stereocenters. The molecule has 2 rings (SSSR count). The average molecular weight is 277 g/mol. The van der Waals surface area contributed by atoms with E-state index < -0.39 is 0 Å². The van der Waals surface area contributed by atoms with Gasteiger partial charge < -0.3 is 9.47 Å². The predicted octanol–water partition coefficient (Wildman–Crippen LogP) is 3.74. The van der Waals surface area contributed by atoms with Crippen LogP contribution in [0, 0.1) is 0 Å². The standard InChI is InChI=1S/C15H13ClO3/c1-18-14-6-2-11(3-7-14)10-19-15-8-13(16)5-4-12(15)9-17/h2-9H,10H2,1H3. The Morgan fingerprint density at radius 2 is 1.89 bits per heavy atom. The molecular weight excluding hydrogens is 264 g/mol. The van der Waals surface area contributed by atoms with Crippen molar-refractivity contribution in [3.05, 3.63) is 58.6 Å². The van der Waals surface area contributed by atoms with Crippen molar-refractivity contribution in [3.63, 3.8) is 0 Å². The Labute approximate surface area is 116 Å². The fourth-order valence-corrected chi connectivity index (χ4v) is 1.78. The van der Waals surface area contributed by atoms with E-state index in [0.717, 1.165) is 17.6 Å². The quantitative estimate of drug-likeness (QED) is 0.781. The van der Waals surface area contributed by atoms with E-state index in [1.807, 2.05) is 24.3 Å². The first kappa shape index (κ1) is 13.4. The largest absolute Gasteiger partial charge is 0.497 e. The van der Waals surface area contributed by atoms with Crippen LogP contribution in [-0.2, 0) is 6.61 Å². The molecule has 0 atom stereocenters. The number of aldehydes is 1. The van der Waals surface area contributed by atoms with Gasteiger partial charge in [0.05, 0.1) is 12.7 Å². The maximum Gasteiger partial charge on any atom is 0.153 e. The van der Waals surface area contributed by atoms with Gasteiger partial charge in [0, 0.05) is 5.02 Å². The lowest BCUT2D eigenvalue weighted by molar-refractivity contribution is 0.111. The van der Waals surface area contributed by atoms with Crippen molar-refractivity contribution < 1.29 is 14.3 Å². The highest BCUT2D eigenvalue weighted by molar-refractivity contribution is 6.30. The van der Waals surface area contributed by atoms with Crippen molar-refractivity contribution >= 4 is 17.9 Å². The van der Waals surface area contributed by atoms with E-state index in [9.17, 15) is 4.79 Å². The fourth-order valence-electron chi connectivity index (χ4n) is 1.61. The molecular formula is C15H13ClO3. The monoisotopic (exact) mass is 276 g/mol. The summed E-state index contributed by atoms with van der Waals surface area (Å²) in [6, 6.07) is 12.5. The summed E-state index contributed by atoms with van der Waals surface area (Å²) in [6.45, 7) is 0.366. The summed E-state index contributed by atoms with van der Waals surface area (Å²) in [5.41, 5.74) is 1.47. The van der Waals surface area contributed by atoms with Gasteiger partial charge in [-0.1, -0.05) is 23.7 Å². The van der Waals surface area contributed by atoms with Gasteiger partial charge in [0.2, 0.25) is 0 Å². The van der Waals surface area contributed by atoms with Gasteiger partial charge in [0.15, 0.2) is 6.29 Å². The van der Waals surface area contributed by atoms with Crippen molar-refractivity contribution in [1.29, 1.82) is 0 Å². The lowest BCUT2D eigenvalue weighted by atomic mass is 10.2. The molecule has 0 aromatic heterocycles. The second-order valence-electron chi connectivity index (χ2n) is 3.94. The molecule has 2 aromatic carbocycles. The summed E-state index contributed by atoms with van der Waals surface area (Å²) in [4.78, 5) is 10.9. The smallest absolute Gasteiger partial charge is 0.153 e. The van der Waals surface area contributed by atoms with Crippen LogP contribution in [0.4, 0.5) is 0 Å². The summed E-state index contributed by atoms with van der Waals surface area (Å²) in [7, 11) is 1.62. The minimum absolute atomic E-state index is 0.366. The molecule has 0 saturated carbocycles. The molecule has 0 bridgehead atoms. The van der Waals surface area contributed by atoms with Gasteiger partial charge in [0.25, 0.3) is 0 Å². The molecule has 98 valence electrons. The lowest BCUT2D eigenvalue weighted by Crippen LogP contribution is -1.98. The van der Waals surface area contributed by atoms with Gasteiger partial charge in [-0.2, -0.15) is 0 Å². The van der Waals surface area contributed by atoms with Gasteiger partial charge in [-0.15, -0.1) is 0 Å². The number of hydrogen-bond donors (Lipinski definition) is 0. The SMILES string of the molecule is COc1ccc(COc2cc(Cl)ccc2C=O)cc1. The summed E-state index contributed by atoms with van der Waals surface area (Å²) in [5, 5.41) is 0.537. The molecule has 0 heterocycles. The van der Waals surface area contributed by atoms with Gasteiger partial charge in [-0.25, -0.2) is 0 Å². The molecule has 0 amide bonds. The fraction of sp³-hybridized carbons (Fsp3) is 0.133. The molecule has 4 heteroatoms. The van der Waals surface area contributed by atoms with E-state index in [1.54, 1.807) is 25.3 Å². The molecule has 19 heavy (non-hydrogen) atoms. The van der Waals surface area contributed by atoms with Crippen molar-refractivity contribution in [2.45, 2.75) is 6.61 Å². The van der Waals surface area contributed by atoms with Crippen LogP contribution in [0.1, 0.15) is 15.9 Å². The normalized spacial score (nSPS) is 10.0. The van der Waals surface area contributed by atoms with Crippen molar-refractivity contribution in [3.8, 4) is 11.5 Å². The molecule has 3 nitrogen and oxygen atoms in total. The van der Waals surface area contributed by atoms with Crippen LogP contribution in [0.15, 0.2) is 42.5 Å². The maximum absolute atomic E-state index is 10.9. The Hall–Kier alpha value is -2.00. The number of carbonyl (C=O) groups is 1. The van der Waals surface area contributed by atoms with Crippen molar-refractivity contribution in [1.82, 2.24) is 0 Å². The number of halogens is 1. The van der Waals surface area contributed by atoms with Gasteiger partial charge in [-0.3, -0.25) is 4.79 Å². The second-order valence-corrected chi connectivity index (χ2v) is 4.37. The second kappa shape index (κ2) is 6.25. The summed E-state index contributed by atoms with van der Waals surface area (Å²) < 4.78 is 10.7. The molecule has 0 N–H and O–H groups in total. The molecule has 2 aromatic rings. The zero-order valence-corrected chi connectivity index (χ0v) is 11.2. The minimum atomic E-state index is 0.366. The number of ether oxygens (including phenoxy) is 2. The van der Waals surface area contributed by atoms with Crippen LogP contribution in [0.3, 0.4) is 0 Å². The number of benzene rings is 2. The Balaban J connectivity index is 2.09. The van der Waals surface area contributed by atoms with E-state index in [0.29, 0.717) is 22.9 Å². The molecule has 0 spiro atoms. The predicted molar refractivity (Wildman–Crippen MR) is 74.2 cm³/mol. The molecule has 0 aliphatic carbocycles. The molecule has 0 radical (unpaired) electrons. The zero-order chi connectivity index (χ0) is 13.7. The lowest BCUT2D eigenvalue weighted by Gasteiger charge is -2.09. The van der Waals surface area contributed by atoms with Crippen molar-refractivity contribution in [2.24, 2.45) is 0 Å². The van der Waals surface area contributed by atoms with Crippen LogP contribution in [0.5, 0.6) is 11.5 Å². The molecule has 0 fully saturated rings. The highest BCUT2D eigenvalue weighted by Crippen LogP contribution is 2.23. The first-order valence-electron chi connectivity index (χ1n) is 5.73. The Bertz CT molecular complexity index is 564. The molecule has 0 aliphatic heterocycles. The Morgan fingerprint density at radius 3 is 2.53 bits per heavy atom. The highest BCUT2D eigenvalue weighted by atomic mass is 35.5. The molecule has 0 aliphatic rings. The first-order chi connectivity index (χ1) is 9.22. The topological polar surface area (TPSA) is 35.5 Å². The zero-order valence-electron chi connectivity index (χ0n) is 10.4. The van der Waals surface area contributed by atoms with Crippen LogP contribution >= 0.6 is 11.6 Å². The maximum atomic E-state index is 10.9. The van der Waals surface area contributed by atoms with Gasteiger partial charge >= 0.3 is 0 Å². The van der Waals surface area contributed by atoms with Gasteiger partial charge in [-0.05, 0) is 35.9 Å². The number of carbonyl (C=O) groups excluding carboxylic acids is 1. The van der Waals surface area contributed by atoms with Crippen LogP contribution in [-0.4, -0.2) is 13.4 Å². The third-order valence-corrected chi connectivity index (χ3v) is 2.89. The van der Waals surface area contributed by atoms with E-state index in [1.165, 1.54) is 0 Å². The van der Waals surface area contributed by atoms with E-state index in [4.69, 9.17) is 21.1 Å². The van der Waals surface area contributed by atoms with Crippen LogP contribution in [0.2, 0.25) is 5.02 Å². The summed E-state index contributed by atoms with van der Waals surface area (Å²) in [5.74, 6) is 1.28. The van der Waals surface area contributed by atoms with Crippen molar-refractivity contribution in [2.75, 3.05) is 7.11 Å². The number of methoxy groups -OCH3 is 1. The third-order valence-electron chi connectivity index (χ3n) is 2.66. The van der Waals surface area contributed by atoms with Gasteiger partial charge in [0.1, 0.15) is 18.1 Å². The Kier molecular flexibility index (Phi) is 4.42. The Morgan fingerprint density at radius 1 is 1.16 bits per heavy atom. The van der Waals surface area contributed by atoms with E-state index in [-0.39, 0.29) is 0 Å². The highest BCUT2D eigenvalue weighted by Gasteiger charge is 2.04. The van der Waals surface area contributed by atoms with Crippen LogP contribution < -0.4 is 9.47 Å². The molecule has 0 saturated heterocycles. The number of rotatable bonds is 5. The number of hydrogen-bond acceptors (Lipinski definition) is 3. The van der Waals surface area contributed by atoms with E-state index in [2.05, 4.69) is 0 Å². The third kappa shape index (κ3) is 3.48. The van der Waals surface area contributed by atoms with Crippen LogP contribution in [0.25, 0.3) is 0 Å². The first-order valence-corrected chi connectivity index (χ1v) is 6.11.